The van der Waals surface area contributed by atoms with Gasteiger partial charge in [0.15, 0.2) is 0 Å². The predicted octanol–water partition coefficient (Wildman–Crippen LogP) is 2.60. The molecule has 0 aliphatic heterocycles. The van der Waals surface area contributed by atoms with Crippen molar-refractivity contribution in [2.24, 2.45) is 5.92 Å². The number of hydrogen-bond acceptors (Lipinski definition) is 2. The van der Waals surface area contributed by atoms with Gasteiger partial charge in [-0.3, -0.25) is 0 Å². The smallest absolute Gasteiger partial charge is 0.326 e. The molecule has 0 spiro atoms. The van der Waals surface area contributed by atoms with Gasteiger partial charge in [-0.05, 0) is 24.5 Å². The summed E-state index contributed by atoms with van der Waals surface area (Å²) in [5.74, 6) is -0.435. The number of carboxylic acid groups (broad SMARTS) is 1. The zero-order chi connectivity index (χ0) is 11.3. The quantitative estimate of drug-likeness (QED) is 0.780. The van der Waals surface area contributed by atoms with E-state index in [0.717, 1.165) is 5.69 Å². The first-order valence-corrected chi connectivity index (χ1v) is 5.14. The highest BCUT2D eigenvalue weighted by molar-refractivity contribution is 5.77. The van der Waals surface area contributed by atoms with Gasteiger partial charge in [0, 0.05) is 5.69 Å². The van der Waals surface area contributed by atoms with Gasteiger partial charge in [-0.1, -0.05) is 32.0 Å². The molecular formula is C12H17NO2. The predicted molar refractivity (Wildman–Crippen MR) is 60.9 cm³/mol. The number of carbonyl (C=O) groups is 1. The normalized spacial score (nSPS) is 12.5. The molecule has 0 radical (unpaired) electrons. The molecule has 2 N–H and O–H groups in total. The summed E-state index contributed by atoms with van der Waals surface area (Å²) in [6.07, 6.45) is 0.629. The van der Waals surface area contributed by atoms with Crippen LogP contribution in [0.4, 0.5) is 5.69 Å². The second-order valence-corrected chi connectivity index (χ2v) is 4.03. The van der Waals surface area contributed by atoms with E-state index in [1.807, 2.05) is 44.2 Å². The van der Waals surface area contributed by atoms with Crippen molar-refractivity contribution in [2.45, 2.75) is 26.3 Å². The summed E-state index contributed by atoms with van der Waals surface area (Å²) in [6, 6.07) is 8.91. The maximum absolute atomic E-state index is 11.0. The molecule has 0 heterocycles. The fourth-order valence-electron chi connectivity index (χ4n) is 1.43. The van der Waals surface area contributed by atoms with Crippen molar-refractivity contribution in [1.82, 2.24) is 0 Å². The van der Waals surface area contributed by atoms with Gasteiger partial charge in [0.2, 0.25) is 0 Å². The van der Waals surface area contributed by atoms with E-state index in [9.17, 15) is 4.79 Å². The molecule has 3 heteroatoms. The number of carboxylic acids is 1. The molecule has 0 fully saturated rings. The Morgan fingerprint density at radius 3 is 2.40 bits per heavy atom. The lowest BCUT2D eigenvalue weighted by Crippen LogP contribution is -2.30. The van der Waals surface area contributed by atoms with Crippen molar-refractivity contribution in [3.05, 3.63) is 30.3 Å². The standard InChI is InChI=1S/C12H17NO2/c1-9(2)8-11(12(14)15)13-10-6-4-3-5-7-10/h3-7,9,11,13H,8H2,1-2H3,(H,14,15)/t11-/m0/s1. The van der Waals surface area contributed by atoms with Crippen LogP contribution in [0.3, 0.4) is 0 Å². The van der Waals surface area contributed by atoms with E-state index in [4.69, 9.17) is 5.11 Å². The third-order valence-electron chi connectivity index (χ3n) is 2.12. The molecule has 3 nitrogen and oxygen atoms in total. The maximum Gasteiger partial charge on any atom is 0.326 e. The van der Waals surface area contributed by atoms with Crippen LogP contribution in [-0.4, -0.2) is 17.1 Å². The molecule has 1 atom stereocenters. The van der Waals surface area contributed by atoms with Crippen molar-refractivity contribution >= 4 is 11.7 Å². The van der Waals surface area contributed by atoms with Crippen LogP contribution in [0.2, 0.25) is 0 Å². The fourth-order valence-corrected chi connectivity index (χ4v) is 1.43. The van der Waals surface area contributed by atoms with Gasteiger partial charge in [-0.15, -0.1) is 0 Å². The first kappa shape index (κ1) is 11.6. The van der Waals surface area contributed by atoms with Gasteiger partial charge >= 0.3 is 5.97 Å². The SMILES string of the molecule is CC(C)C[C@H](Nc1ccccc1)C(=O)O. The summed E-state index contributed by atoms with van der Waals surface area (Å²) in [7, 11) is 0. The van der Waals surface area contributed by atoms with Gasteiger partial charge in [-0.25, -0.2) is 4.79 Å². The van der Waals surface area contributed by atoms with E-state index in [0.29, 0.717) is 12.3 Å². The molecule has 0 aliphatic rings. The van der Waals surface area contributed by atoms with Crippen molar-refractivity contribution in [1.29, 1.82) is 0 Å². The average molecular weight is 207 g/mol. The summed E-state index contributed by atoms with van der Waals surface area (Å²) in [4.78, 5) is 11.0. The number of hydrogen-bond donors (Lipinski definition) is 2. The zero-order valence-corrected chi connectivity index (χ0v) is 9.10. The molecule has 15 heavy (non-hydrogen) atoms. The summed E-state index contributed by atoms with van der Waals surface area (Å²) in [5.41, 5.74) is 0.852. The van der Waals surface area contributed by atoms with Gasteiger partial charge in [0.1, 0.15) is 6.04 Å². The van der Waals surface area contributed by atoms with Crippen molar-refractivity contribution in [3.63, 3.8) is 0 Å². The number of para-hydroxylation sites is 1. The Labute approximate surface area is 90.1 Å². The van der Waals surface area contributed by atoms with Crippen LogP contribution in [0.15, 0.2) is 30.3 Å². The van der Waals surface area contributed by atoms with E-state index in [2.05, 4.69) is 5.32 Å². The molecular weight excluding hydrogens is 190 g/mol. The number of nitrogens with one attached hydrogen (secondary N) is 1. The molecule has 0 aromatic heterocycles. The second kappa shape index (κ2) is 5.39. The monoisotopic (exact) mass is 207 g/mol. The van der Waals surface area contributed by atoms with Crippen LogP contribution in [0, 0.1) is 5.92 Å². The maximum atomic E-state index is 11.0. The number of rotatable bonds is 5. The summed E-state index contributed by atoms with van der Waals surface area (Å²) in [5, 5.41) is 12.0. The Balaban J connectivity index is 2.63. The van der Waals surface area contributed by atoms with Crippen LogP contribution in [-0.2, 0) is 4.79 Å². The Kier molecular flexibility index (Phi) is 4.16. The average Bonchev–Trinajstić information content (AvgIpc) is 2.17. The Morgan fingerprint density at radius 1 is 1.33 bits per heavy atom. The molecule has 0 aliphatic carbocycles. The number of anilines is 1. The second-order valence-electron chi connectivity index (χ2n) is 4.03. The van der Waals surface area contributed by atoms with Crippen LogP contribution in [0.1, 0.15) is 20.3 Å². The lowest BCUT2D eigenvalue weighted by atomic mass is 10.0. The summed E-state index contributed by atoms with van der Waals surface area (Å²) < 4.78 is 0. The first-order valence-electron chi connectivity index (χ1n) is 5.14. The summed E-state index contributed by atoms with van der Waals surface area (Å²) >= 11 is 0. The molecule has 1 rings (SSSR count). The highest BCUT2D eigenvalue weighted by Gasteiger charge is 2.17. The van der Waals surface area contributed by atoms with Gasteiger partial charge in [-0.2, -0.15) is 0 Å². The minimum atomic E-state index is -0.799. The zero-order valence-electron chi connectivity index (χ0n) is 9.10. The largest absolute Gasteiger partial charge is 0.480 e. The van der Waals surface area contributed by atoms with E-state index >= 15 is 0 Å². The highest BCUT2D eigenvalue weighted by atomic mass is 16.4. The van der Waals surface area contributed by atoms with E-state index < -0.39 is 12.0 Å². The molecule has 0 amide bonds. The molecule has 1 aromatic rings. The minimum Gasteiger partial charge on any atom is -0.480 e. The van der Waals surface area contributed by atoms with Crippen LogP contribution in [0.25, 0.3) is 0 Å². The minimum absolute atomic E-state index is 0.363. The Hall–Kier alpha value is -1.51. The van der Waals surface area contributed by atoms with Crippen LogP contribution < -0.4 is 5.32 Å². The lowest BCUT2D eigenvalue weighted by Gasteiger charge is -2.17. The fraction of sp³-hybridized carbons (Fsp3) is 0.417. The lowest BCUT2D eigenvalue weighted by molar-refractivity contribution is -0.138. The van der Waals surface area contributed by atoms with Crippen LogP contribution in [0.5, 0.6) is 0 Å². The van der Waals surface area contributed by atoms with Crippen molar-refractivity contribution in [3.8, 4) is 0 Å². The van der Waals surface area contributed by atoms with E-state index in [1.54, 1.807) is 0 Å². The molecule has 82 valence electrons. The molecule has 1 aromatic carbocycles. The molecule has 0 saturated heterocycles. The molecule has 0 saturated carbocycles. The third-order valence-corrected chi connectivity index (χ3v) is 2.12. The van der Waals surface area contributed by atoms with E-state index in [1.165, 1.54) is 0 Å². The van der Waals surface area contributed by atoms with Gasteiger partial charge in [0.05, 0.1) is 0 Å². The van der Waals surface area contributed by atoms with E-state index in [-0.39, 0.29) is 0 Å². The molecule has 0 bridgehead atoms. The van der Waals surface area contributed by atoms with Crippen molar-refractivity contribution in [2.75, 3.05) is 5.32 Å². The topological polar surface area (TPSA) is 49.3 Å². The first-order chi connectivity index (χ1) is 7.09. The Bertz CT molecular complexity index is 309. The summed E-state index contributed by atoms with van der Waals surface area (Å²) in [6.45, 7) is 4.03. The van der Waals surface area contributed by atoms with Crippen molar-refractivity contribution < 1.29 is 9.90 Å². The number of benzene rings is 1. The highest BCUT2D eigenvalue weighted by Crippen LogP contribution is 2.12. The van der Waals surface area contributed by atoms with Gasteiger partial charge in [0.25, 0.3) is 0 Å². The van der Waals surface area contributed by atoms with Crippen LogP contribution >= 0.6 is 0 Å². The number of aliphatic carboxylic acids is 1. The Morgan fingerprint density at radius 2 is 1.93 bits per heavy atom. The molecule has 0 unspecified atom stereocenters. The van der Waals surface area contributed by atoms with Gasteiger partial charge < -0.3 is 10.4 Å². The third kappa shape index (κ3) is 4.02.